The molecule has 1 aromatic carbocycles. The fourth-order valence-electron chi connectivity index (χ4n) is 2.30. The summed E-state index contributed by atoms with van der Waals surface area (Å²) in [6.07, 6.45) is -3.77. The molecule has 0 fully saturated rings. The minimum absolute atomic E-state index is 0.0373. The fraction of sp³-hybridized carbons (Fsp3) is 0.0625. The quantitative estimate of drug-likeness (QED) is 0.677. The van der Waals surface area contributed by atoms with Gasteiger partial charge in [-0.2, -0.15) is 18.3 Å². The number of aromatic nitrogens is 3. The number of hydrogen-bond acceptors (Lipinski definition) is 3. The summed E-state index contributed by atoms with van der Waals surface area (Å²) in [5, 5.41) is 13.0. The summed E-state index contributed by atoms with van der Waals surface area (Å²) in [7, 11) is 0. The summed E-state index contributed by atoms with van der Waals surface area (Å²) in [5.41, 5.74) is -1.48. The molecule has 0 aliphatic heterocycles. The number of benzene rings is 1. The summed E-state index contributed by atoms with van der Waals surface area (Å²) in [6.45, 7) is 0. The van der Waals surface area contributed by atoms with Crippen LogP contribution in [0.5, 0.6) is 0 Å². The Morgan fingerprint density at radius 2 is 1.88 bits per heavy atom. The minimum atomic E-state index is -4.69. The fourth-order valence-corrected chi connectivity index (χ4v) is 2.52. The number of carboxylic acid groups (broad SMARTS) is 1. The number of rotatable bonds is 3. The van der Waals surface area contributed by atoms with E-state index in [9.17, 15) is 22.4 Å². The number of hydrogen-bond donors (Lipinski definition) is 1. The molecule has 1 N–H and O–H groups in total. The molecule has 2 heterocycles. The molecule has 0 atom stereocenters. The van der Waals surface area contributed by atoms with Crippen LogP contribution >= 0.6 is 11.6 Å². The van der Waals surface area contributed by atoms with Crippen LogP contribution in [0.4, 0.5) is 17.6 Å². The van der Waals surface area contributed by atoms with Crippen LogP contribution in [-0.2, 0) is 6.18 Å². The summed E-state index contributed by atoms with van der Waals surface area (Å²) >= 11 is 5.81. The molecule has 0 radical (unpaired) electrons. The molecule has 26 heavy (non-hydrogen) atoms. The molecule has 2 aromatic heterocycles. The maximum Gasteiger partial charge on any atom is 0.433 e. The monoisotopic (exact) mass is 385 g/mol. The summed E-state index contributed by atoms with van der Waals surface area (Å²) in [6, 6.07) is 6.49. The van der Waals surface area contributed by atoms with Gasteiger partial charge in [-0.1, -0.05) is 11.6 Å². The Morgan fingerprint density at radius 1 is 1.15 bits per heavy atom. The normalized spacial score (nSPS) is 11.6. The molecule has 0 aliphatic carbocycles. The largest absolute Gasteiger partial charge is 0.476 e. The predicted molar refractivity (Wildman–Crippen MR) is 83.7 cm³/mol. The lowest BCUT2D eigenvalue weighted by molar-refractivity contribution is -0.141. The SMILES string of the molecule is O=C(O)c1cc(-c2cc(F)cc(Cl)c2)n(-c2ccnc(C(F)(F)F)c2)n1. The Kier molecular flexibility index (Phi) is 4.41. The van der Waals surface area contributed by atoms with E-state index in [0.29, 0.717) is 6.07 Å². The molecule has 3 rings (SSSR count). The van der Waals surface area contributed by atoms with Crippen LogP contribution < -0.4 is 0 Å². The first-order chi connectivity index (χ1) is 12.1. The molecule has 10 heteroatoms. The molecule has 0 saturated carbocycles. The average molecular weight is 386 g/mol. The molecular formula is C16H8ClF4N3O2. The first kappa shape index (κ1) is 17.9. The maximum absolute atomic E-state index is 13.6. The van der Waals surface area contributed by atoms with Crippen LogP contribution in [0.15, 0.2) is 42.6 Å². The molecule has 3 aromatic rings. The first-order valence-electron chi connectivity index (χ1n) is 6.98. The Labute approximate surface area is 148 Å². The van der Waals surface area contributed by atoms with E-state index in [-0.39, 0.29) is 22.0 Å². The van der Waals surface area contributed by atoms with Gasteiger partial charge in [0, 0.05) is 16.8 Å². The molecule has 0 amide bonds. The second kappa shape index (κ2) is 6.41. The van der Waals surface area contributed by atoms with Gasteiger partial charge in [0.25, 0.3) is 0 Å². The van der Waals surface area contributed by atoms with Crippen molar-refractivity contribution in [2.45, 2.75) is 6.18 Å². The smallest absolute Gasteiger partial charge is 0.433 e. The Bertz CT molecular complexity index is 981. The number of aromatic carboxylic acids is 1. The van der Waals surface area contributed by atoms with Crippen molar-refractivity contribution in [1.29, 1.82) is 0 Å². The zero-order chi connectivity index (χ0) is 19.1. The van der Waals surface area contributed by atoms with Gasteiger partial charge in [-0.25, -0.2) is 13.9 Å². The van der Waals surface area contributed by atoms with Gasteiger partial charge in [0.05, 0.1) is 11.4 Å². The highest BCUT2D eigenvalue weighted by Gasteiger charge is 2.33. The topological polar surface area (TPSA) is 68.0 Å². The Morgan fingerprint density at radius 3 is 2.50 bits per heavy atom. The van der Waals surface area contributed by atoms with Gasteiger partial charge in [0.1, 0.15) is 11.5 Å². The standard InChI is InChI=1S/C16H8ClF4N3O2/c17-9-3-8(4-10(18)5-9)13-7-12(15(25)26)23-24(13)11-1-2-22-14(6-11)16(19,20)21/h1-7H,(H,25,26). The van der Waals surface area contributed by atoms with Crippen LogP contribution in [0.25, 0.3) is 16.9 Å². The molecule has 0 spiro atoms. The molecule has 0 bridgehead atoms. The van der Waals surface area contributed by atoms with Gasteiger partial charge in [0.15, 0.2) is 5.69 Å². The minimum Gasteiger partial charge on any atom is -0.476 e. The first-order valence-corrected chi connectivity index (χ1v) is 7.36. The van der Waals surface area contributed by atoms with E-state index in [1.165, 1.54) is 12.1 Å². The van der Waals surface area contributed by atoms with E-state index in [4.69, 9.17) is 16.7 Å². The summed E-state index contributed by atoms with van der Waals surface area (Å²) in [5.74, 6) is -2.08. The van der Waals surface area contributed by atoms with Crippen LogP contribution in [-0.4, -0.2) is 25.8 Å². The van der Waals surface area contributed by atoms with E-state index in [2.05, 4.69) is 10.1 Å². The zero-order valence-corrected chi connectivity index (χ0v) is 13.4. The highest BCUT2D eigenvalue weighted by Crippen LogP contribution is 2.31. The van der Waals surface area contributed by atoms with E-state index in [0.717, 1.165) is 29.1 Å². The van der Waals surface area contributed by atoms with Gasteiger partial charge in [0.2, 0.25) is 0 Å². The highest BCUT2D eigenvalue weighted by molar-refractivity contribution is 6.30. The lowest BCUT2D eigenvalue weighted by Crippen LogP contribution is -2.10. The molecule has 5 nitrogen and oxygen atoms in total. The Balaban J connectivity index is 2.23. The van der Waals surface area contributed by atoms with E-state index < -0.39 is 29.4 Å². The number of halogens is 5. The van der Waals surface area contributed by atoms with Crippen molar-refractivity contribution in [3.05, 3.63) is 64.8 Å². The lowest BCUT2D eigenvalue weighted by Gasteiger charge is -2.11. The third kappa shape index (κ3) is 3.52. The number of nitrogens with zero attached hydrogens (tertiary/aromatic N) is 3. The van der Waals surface area contributed by atoms with Crippen molar-refractivity contribution in [2.75, 3.05) is 0 Å². The van der Waals surface area contributed by atoms with Crippen LogP contribution in [0.2, 0.25) is 5.02 Å². The average Bonchev–Trinajstić information content (AvgIpc) is 2.99. The van der Waals surface area contributed by atoms with Gasteiger partial charge in [-0.05, 0) is 36.4 Å². The van der Waals surface area contributed by atoms with E-state index >= 15 is 0 Å². The zero-order valence-electron chi connectivity index (χ0n) is 12.6. The molecule has 0 aliphatic rings. The van der Waals surface area contributed by atoms with Crippen LogP contribution in [0.1, 0.15) is 16.2 Å². The number of pyridine rings is 1. The lowest BCUT2D eigenvalue weighted by atomic mass is 10.1. The van der Waals surface area contributed by atoms with Gasteiger partial charge in [-0.3, -0.25) is 4.98 Å². The molecular weight excluding hydrogens is 378 g/mol. The number of alkyl halides is 3. The van der Waals surface area contributed by atoms with Gasteiger partial charge >= 0.3 is 12.1 Å². The second-order valence-electron chi connectivity index (χ2n) is 5.19. The predicted octanol–water partition coefficient (Wildman–Crippen LogP) is 4.44. The molecule has 0 unspecified atom stereocenters. The maximum atomic E-state index is 13.6. The van der Waals surface area contributed by atoms with Gasteiger partial charge in [-0.15, -0.1) is 0 Å². The second-order valence-corrected chi connectivity index (χ2v) is 5.62. The van der Waals surface area contributed by atoms with Crippen molar-refractivity contribution >= 4 is 17.6 Å². The molecule has 0 saturated heterocycles. The van der Waals surface area contributed by atoms with Crippen molar-refractivity contribution < 1.29 is 27.5 Å². The highest BCUT2D eigenvalue weighted by atomic mass is 35.5. The third-order valence-corrected chi connectivity index (χ3v) is 3.58. The van der Waals surface area contributed by atoms with Crippen molar-refractivity contribution in [2.24, 2.45) is 0 Å². The summed E-state index contributed by atoms with van der Waals surface area (Å²) in [4.78, 5) is 14.5. The molecule has 134 valence electrons. The Hall–Kier alpha value is -2.94. The van der Waals surface area contributed by atoms with Crippen LogP contribution in [0, 0.1) is 5.82 Å². The number of carboxylic acids is 1. The van der Waals surface area contributed by atoms with Crippen LogP contribution in [0.3, 0.4) is 0 Å². The van der Waals surface area contributed by atoms with E-state index in [1.807, 2.05) is 0 Å². The van der Waals surface area contributed by atoms with Gasteiger partial charge < -0.3 is 5.11 Å². The number of carbonyl (C=O) groups is 1. The van der Waals surface area contributed by atoms with Crippen molar-refractivity contribution in [3.8, 4) is 16.9 Å². The van der Waals surface area contributed by atoms with Crippen molar-refractivity contribution in [1.82, 2.24) is 14.8 Å². The third-order valence-electron chi connectivity index (χ3n) is 3.37. The summed E-state index contributed by atoms with van der Waals surface area (Å²) < 4.78 is 53.3. The van der Waals surface area contributed by atoms with E-state index in [1.54, 1.807) is 0 Å². The van der Waals surface area contributed by atoms with Crippen molar-refractivity contribution in [3.63, 3.8) is 0 Å².